The van der Waals surface area contributed by atoms with Crippen LogP contribution in [-0.2, 0) is 12.8 Å². The van der Waals surface area contributed by atoms with Crippen LogP contribution in [0.5, 0.6) is 0 Å². The summed E-state index contributed by atoms with van der Waals surface area (Å²) in [4.78, 5) is 16.3. The first-order valence-corrected chi connectivity index (χ1v) is 5.08. The number of hydrogen-bond donors (Lipinski definition) is 1. The molecule has 0 radical (unpaired) electrons. The second-order valence-corrected chi connectivity index (χ2v) is 5.39. The normalized spacial score (nSPS) is 18.6. The Morgan fingerprint density at radius 1 is 1.46 bits per heavy atom. The van der Waals surface area contributed by atoms with E-state index < -0.39 is 0 Å². The number of fused-ring (bicyclic) bond motifs is 1. The number of nitrogens with zero attached hydrogens (tertiary/aromatic N) is 1. The van der Waals surface area contributed by atoms with Crippen LogP contribution in [0.25, 0.3) is 0 Å². The number of hydrogen-bond acceptors (Lipinski definition) is 4. The van der Waals surface area contributed by atoms with Crippen LogP contribution in [0.4, 0.5) is 5.13 Å². The summed E-state index contributed by atoms with van der Waals surface area (Å²) in [6.07, 6.45) is 1.79. The molecule has 13 heavy (non-hydrogen) atoms. The van der Waals surface area contributed by atoms with E-state index in [0.717, 1.165) is 23.3 Å². The summed E-state index contributed by atoms with van der Waals surface area (Å²) in [5.41, 5.74) is 6.48. The highest BCUT2D eigenvalue weighted by Crippen LogP contribution is 2.36. The molecule has 0 aromatic carbocycles. The van der Waals surface area contributed by atoms with Gasteiger partial charge in [0.2, 0.25) is 0 Å². The minimum absolute atomic E-state index is 0.128. The van der Waals surface area contributed by atoms with Crippen LogP contribution in [0.1, 0.15) is 24.3 Å². The van der Waals surface area contributed by atoms with Gasteiger partial charge in [0.1, 0.15) is 0 Å². The largest absolute Gasteiger partial charge is 0.375 e. The summed E-state index contributed by atoms with van der Waals surface area (Å²) < 4.78 is 0. The quantitative estimate of drug-likeness (QED) is 0.678. The van der Waals surface area contributed by atoms with Gasteiger partial charge < -0.3 is 5.73 Å². The molecule has 2 rings (SSSR count). The van der Waals surface area contributed by atoms with Gasteiger partial charge >= 0.3 is 0 Å². The van der Waals surface area contributed by atoms with Gasteiger partial charge in [-0.25, -0.2) is 0 Å². The van der Waals surface area contributed by atoms with E-state index in [-0.39, 0.29) is 11.0 Å². The van der Waals surface area contributed by atoms with Crippen molar-refractivity contribution in [3.8, 4) is 0 Å². The monoisotopic (exact) mass is 196 g/mol. The van der Waals surface area contributed by atoms with E-state index in [4.69, 9.17) is 5.73 Å². The summed E-state index contributed by atoms with van der Waals surface area (Å²) in [5.74, 6) is 0. The Hall–Kier alpha value is -0.900. The Balaban J connectivity index is 2.58. The zero-order valence-corrected chi connectivity index (χ0v) is 8.57. The van der Waals surface area contributed by atoms with Gasteiger partial charge in [0.15, 0.2) is 5.13 Å². The van der Waals surface area contributed by atoms with Crippen molar-refractivity contribution in [2.75, 3.05) is 5.73 Å². The molecule has 0 amide bonds. The van der Waals surface area contributed by atoms with Crippen LogP contribution in [0.15, 0.2) is 4.79 Å². The molecule has 2 N–H and O–H groups in total. The van der Waals surface area contributed by atoms with E-state index in [2.05, 4.69) is 18.8 Å². The molecule has 1 heterocycles. The highest BCUT2D eigenvalue weighted by atomic mass is 32.1. The summed E-state index contributed by atoms with van der Waals surface area (Å²) in [5, 5.41) is 0.390. The molecule has 0 atom stereocenters. The Labute approximate surface area is 80.6 Å². The third-order valence-corrected chi connectivity index (χ3v) is 3.27. The van der Waals surface area contributed by atoms with Crippen molar-refractivity contribution in [2.24, 2.45) is 5.41 Å². The predicted molar refractivity (Wildman–Crippen MR) is 54.0 cm³/mol. The summed E-state index contributed by atoms with van der Waals surface area (Å²) in [6.45, 7) is 4.32. The number of rotatable bonds is 0. The van der Waals surface area contributed by atoms with Crippen molar-refractivity contribution in [1.29, 1.82) is 0 Å². The molecule has 1 aromatic rings. The maximum Gasteiger partial charge on any atom is 0.276 e. The molecular formula is C9H12N2OS. The van der Waals surface area contributed by atoms with Crippen molar-refractivity contribution in [3.63, 3.8) is 0 Å². The minimum Gasteiger partial charge on any atom is -0.375 e. The third-order valence-electron chi connectivity index (χ3n) is 2.33. The molecule has 70 valence electrons. The van der Waals surface area contributed by atoms with Crippen LogP contribution in [0.2, 0.25) is 0 Å². The highest BCUT2D eigenvalue weighted by Gasteiger charge is 2.31. The second-order valence-electron chi connectivity index (χ2n) is 4.28. The maximum absolute atomic E-state index is 11.4. The lowest BCUT2D eigenvalue weighted by atomic mass is 9.91. The first kappa shape index (κ1) is 8.69. The fourth-order valence-electron chi connectivity index (χ4n) is 1.79. The van der Waals surface area contributed by atoms with E-state index >= 15 is 0 Å². The summed E-state index contributed by atoms with van der Waals surface area (Å²) in [6, 6.07) is 0. The molecule has 0 unspecified atom stereocenters. The van der Waals surface area contributed by atoms with Gasteiger partial charge in [0.05, 0.1) is 0 Å². The fourth-order valence-corrected chi connectivity index (χ4v) is 2.92. The van der Waals surface area contributed by atoms with Gasteiger partial charge in [0.25, 0.3) is 5.56 Å². The number of nitrogens with two attached hydrogens (primary N) is 1. The van der Waals surface area contributed by atoms with Crippen LogP contribution < -0.4 is 11.3 Å². The lowest BCUT2D eigenvalue weighted by Gasteiger charge is -2.14. The zero-order valence-electron chi connectivity index (χ0n) is 7.76. The zero-order chi connectivity index (χ0) is 9.64. The van der Waals surface area contributed by atoms with Crippen LogP contribution in [0.3, 0.4) is 0 Å². The van der Waals surface area contributed by atoms with Crippen LogP contribution in [0, 0.1) is 5.41 Å². The van der Waals surface area contributed by atoms with E-state index in [1.165, 1.54) is 11.3 Å². The van der Waals surface area contributed by atoms with E-state index in [9.17, 15) is 4.79 Å². The Kier molecular flexibility index (Phi) is 1.70. The van der Waals surface area contributed by atoms with Crippen molar-refractivity contribution in [2.45, 2.75) is 26.7 Å². The summed E-state index contributed by atoms with van der Waals surface area (Å²) in [7, 11) is 0. The first-order chi connectivity index (χ1) is 5.98. The van der Waals surface area contributed by atoms with Crippen LogP contribution in [-0.4, -0.2) is 4.98 Å². The second kappa shape index (κ2) is 2.54. The number of aromatic nitrogens is 1. The van der Waals surface area contributed by atoms with Crippen molar-refractivity contribution >= 4 is 16.5 Å². The fraction of sp³-hybridized carbons (Fsp3) is 0.556. The van der Waals surface area contributed by atoms with Gasteiger partial charge in [-0.05, 0) is 18.3 Å². The third kappa shape index (κ3) is 1.46. The topological polar surface area (TPSA) is 56.0 Å². The Morgan fingerprint density at radius 2 is 2.15 bits per heavy atom. The molecule has 0 aliphatic heterocycles. The van der Waals surface area contributed by atoms with Gasteiger partial charge in [0, 0.05) is 10.4 Å². The maximum atomic E-state index is 11.4. The van der Waals surface area contributed by atoms with E-state index in [1.807, 2.05) is 0 Å². The average Bonchev–Trinajstić information content (AvgIpc) is 2.23. The summed E-state index contributed by atoms with van der Waals surface area (Å²) >= 11 is 1.45. The number of anilines is 1. The molecule has 0 bridgehead atoms. The molecular weight excluding hydrogens is 184 g/mol. The first-order valence-electron chi connectivity index (χ1n) is 4.26. The van der Waals surface area contributed by atoms with Crippen molar-refractivity contribution < 1.29 is 0 Å². The number of nitrogen functional groups attached to an aromatic ring is 1. The lowest BCUT2D eigenvalue weighted by molar-refractivity contribution is 0.393. The molecule has 0 fully saturated rings. The SMILES string of the molecule is CC1(C)Cc2sc(N)nc(=O)c2C1. The van der Waals surface area contributed by atoms with Gasteiger partial charge in [-0.3, -0.25) is 4.79 Å². The van der Waals surface area contributed by atoms with E-state index in [1.54, 1.807) is 0 Å². The molecule has 4 heteroatoms. The molecule has 0 spiro atoms. The molecule has 1 aliphatic rings. The lowest BCUT2D eigenvalue weighted by Crippen LogP contribution is -2.15. The molecule has 1 aromatic heterocycles. The highest BCUT2D eigenvalue weighted by molar-refractivity contribution is 7.15. The molecule has 3 nitrogen and oxygen atoms in total. The molecule has 0 saturated heterocycles. The Bertz CT molecular complexity index is 409. The molecule has 1 aliphatic carbocycles. The van der Waals surface area contributed by atoms with Crippen LogP contribution >= 0.6 is 11.3 Å². The minimum atomic E-state index is -0.128. The average molecular weight is 196 g/mol. The van der Waals surface area contributed by atoms with Gasteiger partial charge in [-0.15, -0.1) is 11.3 Å². The smallest absolute Gasteiger partial charge is 0.276 e. The van der Waals surface area contributed by atoms with Crippen molar-refractivity contribution in [3.05, 3.63) is 20.8 Å². The standard InChI is InChI=1S/C9H12N2OS/c1-9(2)3-5-6(4-9)13-8(10)11-7(5)12/h3-4H2,1-2H3,(H2,10,11,12). The van der Waals surface area contributed by atoms with Gasteiger partial charge in [-0.1, -0.05) is 13.8 Å². The van der Waals surface area contributed by atoms with E-state index in [0.29, 0.717) is 5.13 Å². The van der Waals surface area contributed by atoms with Gasteiger partial charge in [-0.2, -0.15) is 4.98 Å². The molecule has 0 saturated carbocycles. The predicted octanol–water partition coefficient (Wildman–Crippen LogP) is 1.21. The Morgan fingerprint density at radius 3 is 2.85 bits per heavy atom. The van der Waals surface area contributed by atoms with Crippen molar-refractivity contribution in [1.82, 2.24) is 4.98 Å².